The van der Waals surface area contributed by atoms with Crippen molar-refractivity contribution in [3.63, 3.8) is 0 Å². The average Bonchev–Trinajstić information content (AvgIpc) is 2.38. The highest BCUT2D eigenvalue weighted by Gasteiger charge is 2.16. The van der Waals surface area contributed by atoms with Crippen LogP contribution in [0.15, 0.2) is 23.3 Å². The van der Waals surface area contributed by atoms with Gasteiger partial charge in [0.1, 0.15) is 5.75 Å². The van der Waals surface area contributed by atoms with Gasteiger partial charge in [-0.3, -0.25) is 0 Å². The molecular formula is C11H17BN2O4. The summed E-state index contributed by atoms with van der Waals surface area (Å²) in [7, 11) is 1.54. The molecule has 6 nitrogen and oxygen atoms in total. The molecule has 18 heavy (non-hydrogen) atoms. The van der Waals surface area contributed by atoms with Crippen molar-refractivity contribution < 1.29 is 19.5 Å². The van der Waals surface area contributed by atoms with Crippen LogP contribution in [0, 0.1) is 0 Å². The van der Waals surface area contributed by atoms with E-state index in [0.717, 1.165) is 5.56 Å². The van der Waals surface area contributed by atoms with Crippen LogP contribution in [-0.4, -0.2) is 50.8 Å². The summed E-state index contributed by atoms with van der Waals surface area (Å²) in [4.78, 5) is 0. The molecule has 0 bridgehead atoms. The molecule has 0 atom stereocenters. The summed E-state index contributed by atoms with van der Waals surface area (Å²) < 4.78 is 9.93. The Morgan fingerprint density at radius 2 is 2.17 bits per heavy atom. The number of benzene rings is 1. The van der Waals surface area contributed by atoms with Crippen molar-refractivity contribution in [2.24, 2.45) is 5.10 Å². The summed E-state index contributed by atoms with van der Waals surface area (Å²) in [6.07, 6.45) is 1.62. The number of hydrogen-bond donors (Lipinski definition) is 3. The maximum absolute atomic E-state index is 9.12. The molecule has 98 valence electrons. The molecule has 0 radical (unpaired) electrons. The van der Waals surface area contributed by atoms with Gasteiger partial charge in [0, 0.05) is 12.6 Å². The summed E-state index contributed by atoms with van der Waals surface area (Å²) in [6, 6.07) is 4.98. The monoisotopic (exact) mass is 252 g/mol. The quantitative estimate of drug-likeness (QED) is 0.249. The van der Waals surface area contributed by atoms with E-state index in [1.54, 1.807) is 31.5 Å². The van der Waals surface area contributed by atoms with Crippen molar-refractivity contribution in [2.45, 2.75) is 0 Å². The second-order valence-electron chi connectivity index (χ2n) is 3.53. The lowest BCUT2D eigenvalue weighted by Crippen LogP contribution is -2.31. The van der Waals surface area contributed by atoms with Gasteiger partial charge >= 0.3 is 7.12 Å². The van der Waals surface area contributed by atoms with Crippen LogP contribution in [0.5, 0.6) is 5.75 Å². The third-order valence-electron chi connectivity index (χ3n) is 2.26. The molecule has 0 aromatic heterocycles. The Hall–Kier alpha value is -1.57. The molecule has 0 aliphatic heterocycles. The molecule has 3 N–H and O–H groups in total. The largest absolute Gasteiger partial charge is 0.497 e. The van der Waals surface area contributed by atoms with Gasteiger partial charge in [-0.05, 0) is 11.6 Å². The first-order valence-electron chi connectivity index (χ1n) is 5.48. The van der Waals surface area contributed by atoms with E-state index in [2.05, 4.69) is 10.5 Å². The molecule has 0 unspecified atom stereocenters. The highest BCUT2D eigenvalue weighted by Crippen LogP contribution is 2.09. The minimum Gasteiger partial charge on any atom is -0.497 e. The van der Waals surface area contributed by atoms with Gasteiger partial charge in [0.15, 0.2) is 0 Å². The van der Waals surface area contributed by atoms with Crippen LogP contribution in [0.2, 0.25) is 0 Å². The van der Waals surface area contributed by atoms with Crippen molar-refractivity contribution in [1.29, 1.82) is 0 Å². The fraction of sp³-hybridized carbons (Fsp3) is 0.364. The topological polar surface area (TPSA) is 83.3 Å². The summed E-state index contributed by atoms with van der Waals surface area (Å²) in [5, 5.41) is 22.2. The molecule has 0 spiro atoms. The maximum Gasteiger partial charge on any atom is 0.492 e. The molecule has 7 heteroatoms. The predicted octanol–water partition coefficient (Wildman–Crippen LogP) is -1.06. The van der Waals surface area contributed by atoms with Gasteiger partial charge in [-0.1, -0.05) is 12.1 Å². The first-order chi connectivity index (χ1) is 8.69. The van der Waals surface area contributed by atoms with Crippen molar-refractivity contribution in [2.75, 3.05) is 27.4 Å². The minimum absolute atomic E-state index is 0.321. The highest BCUT2D eigenvalue weighted by molar-refractivity contribution is 6.59. The second-order valence-corrected chi connectivity index (χ2v) is 3.53. The standard InChI is InChI=1S/C11H17BN2O4/c1-17-6-5-13-14-8-9-3-4-10(12(15)16)11(7-9)18-2/h3-4,7-8,13,15-16H,5-6H2,1-2H3/b14-8+. The van der Waals surface area contributed by atoms with E-state index in [1.807, 2.05) is 0 Å². The van der Waals surface area contributed by atoms with E-state index in [0.29, 0.717) is 24.4 Å². The zero-order chi connectivity index (χ0) is 13.4. The Morgan fingerprint density at radius 1 is 1.39 bits per heavy atom. The highest BCUT2D eigenvalue weighted by atomic mass is 16.5. The average molecular weight is 252 g/mol. The Bertz CT molecular complexity index is 399. The SMILES string of the molecule is COCCN/N=C/c1ccc(B(O)O)c(OC)c1. The van der Waals surface area contributed by atoms with Crippen LogP contribution in [0.1, 0.15) is 5.56 Å². The number of hydrogen-bond acceptors (Lipinski definition) is 6. The number of rotatable bonds is 7. The maximum atomic E-state index is 9.12. The second kappa shape index (κ2) is 7.70. The van der Waals surface area contributed by atoms with Gasteiger partial charge in [0.05, 0.1) is 26.5 Å². The minimum atomic E-state index is -1.55. The number of methoxy groups -OCH3 is 2. The van der Waals surface area contributed by atoms with Gasteiger partial charge in [0.25, 0.3) is 0 Å². The summed E-state index contributed by atoms with van der Waals surface area (Å²) in [5.74, 6) is 0.408. The van der Waals surface area contributed by atoms with Crippen LogP contribution in [0.25, 0.3) is 0 Å². The van der Waals surface area contributed by atoms with Crippen LogP contribution < -0.4 is 15.6 Å². The Kier molecular flexibility index (Phi) is 6.20. The first kappa shape index (κ1) is 14.5. The molecule has 0 fully saturated rings. The van der Waals surface area contributed by atoms with Crippen LogP contribution in [0.4, 0.5) is 0 Å². The van der Waals surface area contributed by atoms with Gasteiger partial charge < -0.3 is 24.9 Å². The molecule has 1 rings (SSSR count). The van der Waals surface area contributed by atoms with E-state index in [9.17, 15) is 0 Å². The normalized spacial score (nSPS) is 10.7. The molecule has 0 saturated heterocycles. The fourth-order valence-electron chi connectivity index (χ4n) is 1.35. The third-order valence-corrected chi connectivity index (χ3v) is 2.26. The fourth-order valence-corrected chi connectivity index (χ4v) is 1.35. The van der Waals surface area contributed by atoms with E-state index in [1.165, 1.54) is 7.11 Å². The molecule has 0 saturated carbocycles. The molecule has 0 heterocycles. The van der Waals surface area contributed by atoms with Crippen LogP contribution in [-0.2, 0) is 4.74 Å². The number of hydrazone groups is 1. The Morgan fingerprint density at radius 3 is 2.78 bits per heavy atom. The zero-order valence-corrected chi connectivity index (χ0v) is 10.5. The Balaban J connectivity index is 2.67. The number of nitrogens with zero attached hydrogens (tertiary/aromatic N) is 1. The zero-order valence-electron chi connectivity index (χ0n) is 10.5. The molecule has 0 amide bonds. The van der Waals surface area contributed by atoms with E-state index >= 15 is 0 Å². The first-order valence-corrected chi connectivity index (χ1v) is 5.48. The molecular weight excluding hydrogens is 235 g/mol. The molecule has 0 aliphatic rings. The summed E-state index contributed by atoms with van der Waals surface area (Å²) >= 11 is 0. The smallest absolute Gasteiger partial charge is 0.492 e. The molecule has 1 aromatic rings. The van der Waals surface area contributed by atoms with Gasteiger partial charge in [-0.25, -0.2) is 0 Å². The molecule has 1 aromatic carbocycles. The lowest BCUT2D eigenvalue weighted by molar-refractivity contribution is 0.200. The van der Waals surface area contributed by atoms with Crippen molar-refractivity contribution >= 4 is 18.8 Å². The van der Waals surface area contributed by atoms with Crippen LogP contribution >= 0.6 is 0 Å². The van der Waals surface area contributed by atoms with Crippen molar-refractivity contribution in [3.8, 4) is 5.75 Å². The van der Waals surface area contributed by atoms with E-state index in [4.69, 9.17) is 19.5 Å². The van der Waals surface area contributed by atoms with Gasteiger partial charge in [-0.2, -0.15) is 5.10 Å². The van der Waals surface area contributed by atoms with Crippen molar-refractivity contribution in [3.05, 3.63) is 23.8 Å². The van der Waals surface area contributed by atoms with E-state index in [-0.39, 0.29) is 0 Å². The van der Waals surface area contributed by atoms with Crippen molar-refractivity contribution in [1.82, 2.24) is 5.43 Å². The van der Waals surface area contributed by atoms with Crippen LogP contribution in [0.3, 0.4) is 0 Å². The van der Waals surface area contributed by atoms with E-state index < -0.39 is 7.12 Å². The summed E-state index contributed by atoms with van der Waals surface area (Å²) in [5.41, 5.74) is 3.93. The summed E-state index contributed by atoms with van der Waals surface area (Å²) in [6.45, 7) is 1.20. The lowest BCUT2D eigenvalue weighted by atomic mass is 9.79. The number of nitrogens with one attached hydrogen (secondary N) is 1. The van der Waals surface area contributed by atoms with Gasteiger partial charge in [-0.15, -0.1) is 0 Å². The Labute approximate surface area is 106 Å². The lowest BCUT2D eigenvalue weighted by Gasteiger charge is -2.08. The molecule has 0 aliphatic carbocycles. The van der Waals surface area contributed by atoms with Gasteiger partial charge in [0.2, 0.25) is 0 Å². The third kappa shape index (κ3) is 4.36. The number of ether oxygens (including phenoxy) is 2. The predicted molar refractivity (Wildman–Crippen MR) is 70.3 cm³/mol.